The van der Waals surface area contributed by atoms with E-state index in [1.807, 2.05) is 24.9 Å². The number of carbonyl (C=O) groups excluding carboxylic acids is 1. The van der Waals surface area contributed by atoms with Crippen molar-refractivity contribution in [2.75, 3.05) is 7.05 Å². The van der Waals surface area contributed by atoms with Gasteiger partial charge in [-0.3, -0.25) is 4.79 Å². The summed E-state index contributed by atoms with van der Waals surface area (Å²) in [5.41, 5.74) is 7.32. The average molecular weight is 262 g/mol. The number of amides is 1. The van der Waals surface area contributed by atoms with Crippen molar-refractivity contribution in [1.82, 2.24) is 4.90 Å². The van der Waals surface area contributed by atoms with E-state index in [4.69, 9.17) is 10.2 Å². The highest BCUT2D eigenvalue weighted by Crippen LogP contribution is 2.48. The zero-order valence-electron chi connectivity index (χ0n) is 11.6. The Labute approximate surface area is 113 Å². The fourth-order valence-electron chi connectivity index (χ4n) is 3.87. The molecule has 0 radical (unpaired) electrons. The first kappa shape index (κ1) is 12.7. The van der Waals surface area contributed by atoms with Crippen molar-refractivity contribution in [2.24, 2.45) is 23.5 Å². The van der Waals surface area contributed by atoms with Crippen LogP contribution in [0.2, 0.25) is 0 Å². The minimum atomic E-state index is 0.0379. The van der Waals surface area contributed by atoms with Crippen LogP contribution in [-0.2, 0) is 11.3 Å². The second-order valence-corrected chi connectivity index (χ2v) is 6.13. The van der Waals surface area contributed by atoms with Crippen LogP contribution in [0.5, 0.6) is 0 Å². The molecule has 1 heterocycles. The molecule has 2 aliphatic carbocycles. The van der Waals surface area contributed by atoms with Crippen LogP contribution in [0.1, 0.15) is 30.6 Å². The Kier molecular flexibility index (Phi) is 3.13. The van der Waals surface area contributed by atoms with Crippen LogP contribution in [0.3, 0.4) is 0 Å². The van der Waals surface area contributed by atoms with Crippen molar-refractivity contribution in [3.63, 3.8) is 0 Å². The number of fused-ring (bicyclic) bond motifs is 2. The molecule has 0 aliphatic heterocycles. The van der Waals surface area contributed by atoms with Crippen molar-refractivity contribution in [3.8, 4) is 0 Å². The van der Waals surface area contributed by atoms with Gasteiger partial charge in [0, 0.05) is 25.2 Å². The summed E-state index contributed by atoms with van der Waals surface area (Å²) < 4.78 is 5.28. The van der Waals surface area contributed by atoms with Gasteiger partial charge in [0.2, 0.25) is 5.91 Å². The molecule has 0 saturated heterocycles. The standard InChI is InChI=1S/C15H22N2O2/c1-9-12(5-6-19-9)8-17(2)15(18)13-10-3-4-11(7-10)14(13)16/h5-6,10-11,13-14H,3-4,7-8,16H2,1-2H3. The third-order valence-electron chi connectivity index (χ3n) is 5.02. The first-order valence-electron chi connectivity index (χ1n) is 7.11. The molecule has 2 aliphatic rings. The monoisotopic (exact) mass is 262 g/mol. The summed E-state index contributed by atoms with van der Waals surface area (Å²) in [5.74, 6) is 2.22. The van der Waals surface area contributed by atoms with Crippen molar-refractivity contribution in [2.45, 2.75) is 38.8 Å². The Hall–Kier alpha value is -1.29. The first-order chi connectivity index (χ1) is 9.08. The maximum Gasteiger partial charge on any atom is 0.227 e. The van der Waals surface area contributed by atoms with Crippen LogP contribution in [0.25, 0.3) is 0 Å². The van der Waals surface area contributed by atoms with Gasteiger partial charge in [-0.05, 0) is 44.1 Å². The van der Waals surface area contributed by atoms with Gasteiger partial charge in [0.15, 0.2) is 0 Å². The molecule has 19 heavy (non-hydrogen) atoms. The van der Waals surface area contributed by atoms with Crippen molar-refractivity contribution < 1.29 is 9.21 Å². The van der Waals surface area contributed by atoms with E-state index in [-0.39, 0.29) is 17.9 Å². The Morgan fingerprint density at radius 1 is 1.47 bits per heavy atom. The lowest BCUT2D eigenvalue weighted by molar-refractivity contribution is -0.137. The van der Waals surface area contributed by atoms with Crippen LogP contribution in [0.4, 0.5) is 0 Å². The summed E-state index contributed by atoms with van der Waals surface area (Å²) in [4.78, 5) is 14.4. The molecular formula is C15H22N2O2. The SMILES string of the molecule is Cc1occc1CN(C)C(=O)C1C2CCC(C2)C1N. The molecule has 4 nitrogen and oxygen atoms in total. The molecule has 4 heteroatoms. The van der Waals surface area contributed by atoms with Crippen LogP contribution in [-0.4, -0.2) is 23.9 Å². The van der Waals surface area contributed by atoms with Crippen molar-refractivity contribution >= 4 is 5.91 Å². The number of rotatable bonds is 3. The normalized spacial score (nSPS) is 32.8. The predicted molar refractivity (Wildman–Crippen MR) is 72.2 cm³/mol. The molecule has 2 bridgehead atoms. The lowest BCUT2D eigenvalue weighted by Gasteiger charge is -2.30. The minimum Gasteiger partial charge on any atom is -0.469 e. The summed E-state index contributed by atoms with van der Waals surface area (Å²) in [7, 11) is 1.87. The number of hydrogen-bond acceptors (Lipinski definition) is 3. The van der Waals surface area contributed by atoms with Crippen LogP contribution < -0.4 is 5.73 Å². The van der Waals surface area contributed by atoms with E-state index < -0.39 is 0 Å². The molecule has 1 aromatic rings. The molecule has 0 spiro atoms. The van der Waals surface area contributed by atoms with Gasteiger partial charge in [0.05, 0.1) is 12.2 Å². The Morgan fingerprint density at radius 2 is 2.21 bits per heavy atom. The van der Waals surface area contributed by atoms with Crippen molar-refractivity contribution in [1.29, 1.82) is 0 Å². The summed E-state index contributed by atoms with van der Waals surface area (Å²) in [6.45, 7) is 2.54. The highest BCUT2D eigenvalue weighted by atomic mass is 16.3. The highest BCUT2D eigenvalue weighted by Gasteiger charge is 2.49. The molecular weight excluding hydrogens is 240 g/mol. The number of aryl methyl sites for hydroxylation is 1. The molecule has 3 rings (SSSR count). The molecule has 4 unspecified atom stereocenters. The van der Waals surface area contributed by atoms with E-state index in [2.05, 4.69) is 0 Å². The zero-order valence-corrected chi connectivity index (χ0v) is 11.6. The molecule has 1 amide bonds. The number of hydrogen-bond donors (Lipinski definition) is 1. The van der Waals surface area contributed by atoms with E-state index in [1.165, 1.54) is 12.8 Å². The maximum atomic E-state index is 12.6. The molecule has 2 saturated carbocycles. The predicted octanol–water partition coefficient (Wildman–Crippen LogP) is 1.92. The van der Waals surface area contributed by atoms with E-state index in [9.17, 15) is 4.79 Å². The Bertz CT molecular complexity index is 480. The quantitative estimate of drug-likeness (QED) is 0.905. The third kappa shape index (κ3) is 2.08. The molecule has 2 fully saturated rings. The lowest BCUT2D eigenvalue weighted by Crippen LogP contribution is -2.45. The number of furan rings is 1. The van der Waals surface area contributed by atoms with Gasteiger partial charge in [0.1, 0.15) is 5.76 Å². The van der Waals surface area contributed by atoms with Crippen molar-refractivity contribution in [3.05, 3.63) is 23.7 Å². The largest absolute Gasteiger partial charge is 0.469 e. The van der Waals surface area contributed by atoms with Crippen LogP contribution in [0, 0.1) is 24.7 Å². The molecule has 0 aromatic carbocycles. The second kappa shape index (κ2) is 4.67. The van der Waals surface area contributed by atoms with E-state index in [1.54, 1.807) is 6.26 Å². The van der Waals surface area contributed by atoms with Crippen LogP contribution >= 0.6 is 0 Å². The van der Waals surface area contributed by atoms with Gasteiger partial charge >= 0.3 is 0 Å². The zero-order chi connectivity index (χ0) is 13.6. The minimum absolute atomic E-state index is 0.0379. The molecule has 1 aromatic heterocycles. The Morgan fingerprint density at radius 3 is 2.79 bits per heavy atom. The van der Waals surface area contributed by atoms with Crippen LogP contribution in [0.15, 0.2) is 16.7 Å². The number of nitrogens with two attached hydrogens (primary N) is 1. The average Bonchev–Trinajstić information content (AvgIpc) is 3.06. The van der Waals surface area contributed by atoms with Gasteiger partial charge in [-0.1, -0.05) is 0 Å². The fourth-order valence-corrected chi connectivity index (χ4v) is 3.87. The van der Waals surface area contributed by atoms with Gasteiger partial charge in [-0.2, -0.15) is 0 Å². The molecule has 4 atom stereocenters. The molecule has 2 N–H and O–H groups in total. The summed E-state index contributed by atoms with van der Waals surface area (Å²) in [5, 5.41) is 0. The highest BCUT2D eigenvalue weighted by molar-refractivity contribution is 5.80. The first-order valence-corrected chi connectivity index (χ1v) is 7.11. The second-order valence-electron chi connectivity index (χ2n) is 6.13. The van der Waals surface area contributed by atoms with E-state index in [0.29, 0.717) is 18.4 Å². The van der Waals surface area contributed by atoms with E-state index in [0.717, 1.165) is 17.7 Å². The maximum absolute atomic E-state index is 12.6. The Balaban J connectivity index is 1.69. The fraction of sp³-hybridized carbons (Fsp3) is 0.667. The summed E-state index contributed by atoms with van der Waals surface area (Å²) in [6.07, 6.45) is 5.20. The van der Waals surface area contributed by atoms with Gasteiger partial charge in [0.25, 0.3) is 0 Å². The van der Waals surface area contributed by atoms with Gasteiger partial charge in [-0.15, -0.1) is 0 Å². The topological polar surface area (TPSA) is 59.5 Å². The molecule has 104 valence electrons. The van der Waals surface area contributed by atoms with E-state index >= 15 is 0 Å². The number of carbonyl (C=O) groups is 1. The van der Waals surface area contributed by atoms with Gasteiger partial charge in [-0.25, -0.2) is 0 Å². The summed E-state index contributed by atoms with van der Waals surface area (Å²) >= 11 is 0. The van der Waals surface area contributed by atoms with Gasteiger partial charge < -0.3 is 15.1 Å². The number of nitrogens with zero attached hydrogens (tertiary/aromatic N) is 1. The third-order valence-corrected chi connectivity index (χ3v) is 5.02. The smallest absolute Gasteiger partial charge is 0.227 e. The summed E-state index contributed by atoms with van der Waals surface area (Å²) in [6, 6.07) is 2.00. The lowest BCUT2D eigenvalue weighted by atomic mass is 9.84.